The maximum absolute atomic E-state index is 12.8. The highest BCUT2D eigenvalue weighted by Crippen LogP contribution is 2.23. The van der Waals surface area contributed by atoms with Crippen molar-refractivity contribution >= 4 is 33.8 Å². The van der Waals surface area contributed by atoms with E-state index in [1.165, 1.54) is 0 Å². The summed E-state index contributed by atoms with van der Waals surface area (Å²) < 4.78 is 14.7. The van der Waals surface area contributed by atoms with Crippen LogP contribution in [-0.4, -0.2) is 40.3 Å². The smallest absolute Gasteiger partial charge is 0.246 e. The Balaban J connectivity index is 1.52. The van der Waals surface area contributed by atoms with Crippen LogP contribution in [0.1, 0.15) is 13.3 Å². The number of anilines is 1. The van der Waals surface area contributed by atoms with Crippen LogP contribution in [0.5, 0.6) is 5.75 Å². The molecule has 7 nitrogen and oxygen atoms in total. The number of amides is 1. The highest BCUT2D eigenvalue weighted by atomic mass is 16.5. The molecule has 30 heavy (non-hydrogen) atoms. The summed E-state index contributed by atoms with van der Waals surface area (Å²) in [7, 11) is 1.64. The van der Waals surface area contributed by atoms with Crippen molar-refractivity contribution in [2.45, 2.75) is 26.4 Å². The van der Waals surface area contributed by atoms with Gasteiger partial charge in [0.2, 0.25) is 11.9 Å². The third-order valence-electron chi connectivity index (χ3n) is 5.07. The Labute approximate surface area is 175 Å². The number of aryl methyl sites for hydroxylation is 1. The van der Waals surface area contributed by atoms with Gasteiger partial charge in [-0.05, 0) is 49.7 Å². The molecule has 0 unspecified atom stereocenters. The van der Waals surface area contributed by atoms with E-state index in [0.717, 1.165) is 40.7 Å². The van der Waals surface area contributed by atoms with Crippen molar-refractivity contribution in [3.63, 3.8) is 0 Å². The minimum absolute atomic E-state index is 0.121. The minimum Gasteiger partial charge on any atom is -0.497 e. The number of ether oxygens (including phenoxy) is 2. The molecule has 0 saturated carbocycles. The van der Waals surface area contributed by atoms with Crippen molar-refractivity contribution in [1.82, 2.24) is 14.1 Å². The fraction of sp³-hybridized carbons (Fsp3) is 0.304. The molecule has 1 amide bonds. The number of nitrogens with one attached hydrogen (secondary N) is 1. The normalized spacial score (nSPS) is 11.3. The molecule has 0 aliphatic heterocycles. The van der Waals surface area contributed by atoms with E-state index in [2.05, 4.69) is 10.3 Å². The number of fused-ring (bicyclic) bond motifs is 2. The van der Waals surface area contributed by atoms with Gasteiger partial charge in [-0.25, -0.2) is 4.98 Å². The molecular formula is C23H26N4O3. The van der Waals surface area contributed by atoms with Gasteiger partial charge in [-0.15, -0.1) is 0 Å². The number of carbonyl (C=O) groups is 1. The topological polar surface area (TPSA) is 70.3 Å². The molecule has 0 bridgehead atoms. The van der Waals surface area contributed by atoms with Gasteiger partial charge in [-0.3, -0.25) is 10.1 Å². The number of nitrogens with zero attached hydrogens (tertiary/aromatic N) is 3. The van der Waals surface area contributed by atoms with Crippen LogP contribution in [0.2, 0.25) is 0 Å². The highest BCUT2D eigenvalue weighted by molar-refractivity contribution is 5.92. The predicted molar refractivity (Wildman–Crippen MR) is 118 cm³/mol. The zero-order valence-electron chi connectivity index (χ0n) is 17.3. The van der Waals surface area contributed by atoms with Gasteiger partial charge in [0.25, 0.3) is 0 Å². The van der Waals surface area contributed by atoms with E-state index in [0.29, 0.717) is 19.2 Å². The fourth-order valence-electron chi connectivity index (χ4n) is 3.63. The van der Waals surface area contributed by atoms with E-state index >= 15 is 0 Å². The van der Waals surface area contributed by atoms with E-state index in [1.807, 2.05) is 70.8 Å². The SMILES string of the molecule is CCOCCCn1c(NC(=O)Cn2ccc3cc(OC)ccc32)nc2ccccc21. The number of imidazole rings is 1. The number of methoxy groups -OCH3 is 1. The van der Waals surface area contributed by atoms with Crippen molar-refractivity contribution in [1.29, 1.82) is 0 Å². The molecule has 0 spiro atoms. The maximum Gasteiger partial charge on any atom is 0.246 e. The van der Waals surface area contributed by atoms with E-state index in [4.69, 9.17) is 9.47 Å². The molecule has 0 saturated heterocycles. The maximum atomic E-state index is 12.8. The number of aromatic nitrogens is 3. The second kappa shape index (κ2) is 9.00. The molecule has 2 aromatic heterocycles. The first-order valence-corrected chi connectivity index (χ1v) is 10.2. The first-order valence-electron chi connectivity index (χ1n) is 10.2. The van der Waals surface area contributed by atoms with Crippen molar-refractivity contribution in [3.05, 3.63) is 54.7 Å². The molecule has 0 aliphatic carbocycles. The van der Waals surface area contributed by atoms with Crippen LogP contribution in [-0.2, 0) is 22.6 Å². The molecule has 4 rings (SSSR count). The first kappa shape index (κ1) is 20.0. The zero-order valence-corrected chi connectivity index (χ0v) is 17.3. The number of hydrogen-bond donors (Lipinski definition) is 1. The Bertz CT molecular complexity index is 1160. The van der Waals surface area contributed by atoms with Crippen LogP contribution in [0.15, 0.2) is 54.7 Å². The Hall–Kier alpha value is -3.32. The quantitative estimate of drug-likeness (QED) is 0.426. The van der Waals surface area contributed by atoms with Gasteiger partial charge in [-0.2, -0.15) is 0 Å². The van der Waals surface area contributed by atoms with Crippen LogP contribution < -0.4 is 10.1 Å². The van der Waals surface area contributed by atoms with Gasteiger partial charge in [0, 0.05) is 36.9 Å². The van der Waals surface area contributed by atoms with Gasteiger partial charge in [0.15, 0.2) is 0 Å². The lowest BCUT2D eigenvalue weighted by Crippen LogP contribution is -2.21. The summed E-state index contributed by atoms with van der Waals surface area (Å²) in [5.41, 5.74) is 2.85. The molecule has 0 fully saturated rings. The second-order valence-corrected chi connectivity index (χ2v) is 7.04. The van der Waals surface area contributed by atoms with Gasteiger partial charge < -0.3 is 18.6 Å². The van der Waals surface area contributed by atoms with E-state index in [1.54, 1.807) is 7.11 Å². The Kier molecular flexibility index (Phi) is 5.99. The summed E-state index contributed by atoms with van der Waals surface area (Å²) in [6.45, 7) is 4.29. The van der Waals surface area contributed by atoms with E-state index in [9.17, 15) is 4.79 Å². The lowest BCUT2D eigenvalue weighted by atomic mass is 10.2. The number of carbonyl (C=O) groups excluding carboxylic acids is 1. The zero-order chi connectivity index (χ0) is 20.9. The molecule has 0 aliphatic rings. The monoisotopic (exact) mass is 406 g/mol. The molecule has 1 N–H and O–H groups in total. The predicted octanol–water partition coefficient (Wildman–Crippen LogP) is 4.06. The molecule has 2 aromatic carbocycles. The largest absolute Gasteiger partial charge is 0.497 e. The third-order valence-corrected chi connectivity index (χ3v) is 5.07. The molecule has 4 aromatic rings. The van der Waals surface area contributed by atoms with Gasteiger partial charge in [0.05, 0.1) is 18.1 Å². The number of hydrogen-bond acceptors (Lipinski definition) is 4. The van der Waals surface area contributed by atoms with E-state index in [-0.39, 0.29) is 12.5 Å². The lowest BCUT2D eigenvalue weighted by molar-refractivity contribution is -0.116. The number of rotatable bonds is 9. The van der Waals surface area contributed by atoms with Crippen LogP contribution >= 0.6 is 0 Å². The standard InChI is InChI=1S/C23H26N4O3/c1-3-30-14-6-12-27-21-8-5-4-7-19(21)24-23(27)25-22(28)16-26-13-11-17-15-18(29-2)9-10-20(17)26/h4-5,7-11,13,15H,3,6,12,14,16H2,1-2H3,(H,24,25,28). The molecular weight excluding hydrogens is 380 g/mol. The number of para-hydroxylation sites is 2. The van der Waals surface area contributed by atoms with Crippen LogP contribution in [0, 0.1) is 0 Å². The Morgan fingerprint density at radius 1 is 1.13 bits per heavy atom. The first-order chi connectivity index (χ1) is 14.7. The Morgan fingerprint density at radius 2 is 2.00 bits per heavy atom. The van der Waals surface area contributed by atoms with Crippen LogP contribution in [0.25, 0.3) is 21.9 Å². The van der Waals surface area contributed by atoms with Gasteiger partial charge in [0.1, 0.15) is 12.3 Å². The molecule has 0 atom stereocenters. The average molecular weight is 406 g/mol. The summed E-state index contributed by atoms with van der Waals surface area (Å²) in [5.74, 6) is 1.24. The summed E-state index contributed by atoms with van der Waals surface area (Å²) in [4.78, 5) is 17.4. The summed E-state index contributed by atoms with van der Waals surface area (Å²) in [5, 5.41) is 4.03. The van der Waals surface area contributed by atoms with Crippen molar-refractivity contribution in [2.75, 3.05) is 25.6 Å². The number of benzene rings is 2. The summed E-state index contributed by atoms with van der Waals surface area (Å²) in [6.07, 6.45) is 2.76. The average Bonchev–Trinajstić information content (AvgIpc) is 3.31. The summed E-state index contributed by atoms with van der Waals surface area (Å²) in [6, 6.07) is 15.7. The highest BCUT2D eigenvalue weighted by Gasteiger charge is 2.14. The minimum atomic E-state index is -0.121. The van der Waals surface area contributed by atoms with Gasteiger partial charge >= 0.3 is 0 Å². The summed E-state index contributed by atoms with van der Waals surface area (Å²) >= 11 is 0. The van der Waals surface area contributed by atoms with Crippen molar-refractivity contribution in [3.8, 4) is 5.75 Å². The molecule has 0 radical (unpaired) electrons. The Morgan fingerprint density at radius 3 is 2.83 bits per heavy atom. The second-order valence-electron chi connectivity index (χ2n) is 7.04. The van der Waals surface area contributed by atoms with E-state index < -0.39 is 0 Å². The lowest BCUT2D eigenvalue weighted by Gasteiger charge is -2.11. The van der Waals surface area contributed by atoms with Crippen molar-refractivity contribution < 1.29 is 14.3 Å². The molecule has 156 valence electrons. The van der Waals surface area contributed by atoms with Gasteiger partial charge in [-0.1, -0.05) is 12.1 Å². The van der Waals surface area contributed by atoms with Crippen LogP contribution in [0.4, 0.5) is 5.95 Å². The third kappa shape index (κ3) is 4.16. The fourth-order valence-corrected chi connectivity index (χ4v) is 3.63. The molecule has 2 heterocycles. The van der Waals surface area contributed by atoms with Crippen molar-refractivity contribution in [2.24, 2.45) is 0 Å². The van der Waals surface area contributed by atoms with Crippen LogP contribution in [0.3, 0.4) is 0 Å². The molecule has 7 heteroatoms.